The number of carboxylic acids is 1. The summed E-state index contributed by atoms with van der Waals surface area (Å²) in [5.41, 5.74) is 1.57. The predicted molar refractivity (Wildman–Crippen MR) is 87.0 cm³/mol. The maximum atomic E-state index is 11.8. The molecule has 5 nitrogen and oxygen atoms in total. The van der Waals surface area contributed by atoms with E-state index in [-0.39, 0.29) is 0 Å². The van der Waals surface area contributed by atoms with Gasteiger partial charge < -0.3 is 15.2 Å². The highest BCUT2D eigenvalue weighted by Gasteiger charge is 2.08. The summed E-state index contributed by atoms with van der Waals surface area (Å²) in [6.07, 6.45) is 0. The Morgan fingerprint density at radius 3 is 2.39 bits per heavy atom. The molecule has 0 saturated carbocycles. The van der Waals surface area contributed by atoms with Crippen molar-refractivity contribution < 1.29 is 19.4 Å². The van der Waals surface area contributed by atoms with E-state index < -0.39 is 18.4 Å². The maximum Gasteiger partial charge on any atom is 0.322 e. The van der Waals surface area contributed by atoms with Crippen molar-refractivity contribution in [3.63, 3.8) is 0 Å². The monoisotopic (exact) mass is 313 g/mol. The van der Waals surface area contributed by atoms with Gasteiger partial charge in [0, 0.05) is 5.56 Å². The van der Waals surface area contributed by atoms with Gasteiger partial charge in [0.05, 0.1) is 0 Å². The van der Waals surface area contributed by atoms with Gasteiger partial charge in [0.1, 0.15) is 18.0 Å². The van der Waals surface area contributed by atoms with E-state index in [1.54, 1.807) is 24.3 Å². The van der Waals surface area contributed by atoms with Gasteiger partial charge in [0.15, 0.2) is 0 Å². The molecule has 0 unspecified atom stereocenters. The van der Waals surface area contributed by atoms with Crippen LogP contribution in [0.5, 0.6) is 11.5 Å². The number of rotatable bonds is 6. The molecule has 0 radical (unpaired) electrons. The zero-order valence-electron chi connectivity index (χ0n) is 13.1. The molecule has 0 heterocycles. The Bertz CT molecular complexity index is 692. The lowest BCUT2D eigenvalue weighted by Gasteiger charge is -2.09. The number of aliphatic carboxylic acids is 1. The third-order valence-electron chi connectivity index (χ3n) is 3.28. The second kappa shape index (κ2) is 7.45. The molecule has 0 fully saturated rings. The van der Waals surface area contributed by atoms with E-state index in [1.807, 2.05) is 24.3 Å². The minimum atomic E-state index is -1.09. The lowest BCUT2D eigenvalue weighted by molar-refractivity contribution is -0.135. The van der Waals surface area contributed by atoms with Crippen LogP contribution >= 0.6 is 0 Å². The molecule has 0 aliphatic heterocycles. The van der Waals surface area contributed by atoms with E-state index in [1.165, 1.54) is 5.56 Å². The molecule has 0 spiro atoms. The maximum absolute atomic E-state index is 11.8. The quantitative estimate of drug-likeness (QED) is 0.857. The van der Waals surface area contributed by atoms with Gasteiger partial charge in [-0.15, -0.1) is 0 Å². The summed E-state index contributed by atoms with van der Waals surface area (Å²) in [6, 6.07) is 14.4. The molecule has 2 N–H and O–H groups in total. The highest BCUT2D eigenvalue weighted by molar-refractivity contribution is 5.96. The van der Waals surface area contributed by atoms with Crippen LogP contribution in [0.1, 0.15) is 35.7 Å². The highest BCUT2D eigenvalue weighted by atomic mass is 16.5. The van der Waals surface area contributed by atoms with Gasteiger partial charge in [0.25, 0.3) is 5.91 Å². The topological polar surface area (TPSA) is 75.6 Å². The Kier molecular flexibility index (Phi) is 5.36. The fraction of sp³-hybridized carbons (Fsp3) is 0.222. The first-order chi connectivity index (χ1) is 11.0. The average Bonchev–Trinajstić information content (AvgIpc) is 2.53. The van der Waals surface area contributed by atoms with Crippen LogP contribution in [0.25, 0.3) is 0 Å². The fourth-order valence-electron chi connectivity index (χ4n) is 2.02. The highest BCUT2D eigenvalue weighted by Crippen LogP contribution is 2.24. The third-order valence-corrected chi connectivity index (χ3v) is 3.28. The van der Waals surface area contributed by atoms with E-state index >= 15 is 0 Å². The molecule has 1 amide bonds. The van der Waals surface area contributed by atoms with Crippen molar-refractivity contribution in [3.8, 4) is 11.5 Å². The average molecular weight is 313 g/mol. The van der Waals surface area contributed by atoms with Crippen LogP contribution in [0.2, 0.25) is 0 Å². The molecule has 0 aromatic heterocycles. The second-order valence-electron chi connectivity index (χ2n) is 5.43. The van der Waals surface area contributed by atoms with E-state index in [4.69, 9.17) is 9.84 Å². The fourth-order valence-corrected chi connectivity index (χ4v) is 2.02. The first-order valence-electron chi connectivity index (χ1n) is 7.33. The Balaban J connectivity index is 2.07. The normalized spacial score (nSPS) is 10.4. The summed E-state index contributed by atoms with van der Waals surface area (Å²) in [5, 5.41) is 10.9. The molecule has 5 heteroatoms. The van der Waals surface area contributed by atoms with E-state index in [9.17, 15) is 9.59 Å². The first-order valence-corrected chi connectivity index (χ1v) is 7.33. The van der Waals surface area contributed by atoms with E-state index in [0.29, 0.717) is 23.0 Å². The number of ether oxygens (including phenoxy) is 1. The predicted octanol–water partition coefficient (Wildman–Crippen LogP) is 3.42. The van der Waals surface area contributed by atoms with Crippen molar-refractivity contribution in [3.05, 3.63) is 59.7 Å². The Hall–Kier alpha value is -2.82. The van der Waals surface area contributed by atoms with Gasteiger partial charge in [-0.2, -0.15) is 0 Å². The lowest BCUT2D eigenvalue weighted by Crippen LogP contribution is -2.29. The molecule has 0 atom stereocenters. The van der Waals surface area contributed by atoms with Crippen molar-refractivity contribution in [2.45, 2.75) is 19.8 Å². The molecule has 23 heavy (non-hydrogen) atoms. The number of carbonyl (C=O) groups excluding carboxylic acids is 1. The van der Waals surface area contributed by atoms with Crippen LogP contribution in [0, 0.1) is 0 Å². The number of carboxylic acid groups (broad SMARTS) is 1. The zero-order chi connectivity index (χ0) is 16.8. The molecule has 2 aromatic carbocycles. The van der Waals surface area contributed by atoms with Crippen molar-refractivity contribution in [2.24, 2.45) is 0 Å². The number of hydrogen-bond donors (Lipinski definition) is 2. The van der Waals surface area contributed by atoms with Crippen molar-refractivity contribution >= 4 is 11.9 Å². The van der Waals surface area contributed by atoms with Gasteiger partial charge in [-0.3, -0.25) is 9.59 Å². The summed E-state index contributed by atoms with van der Waals surface area (Å²) in [4.78, 5) is 22.3. The smallest absolute Gasteiger partial charge is 0.322 e. The number of nitrogens with one attached hydrogen (secondary N) is 1. The molecule has 0 bridgehead atoms. The first kappa shape index (κ1) is 16.5. The second-order valence-corrected chi connectivity index (χ2v) is 5.43. The largest absolute Gasteiger partial charge is 0.480 e. The molecular weight excluding hydrogens is 294 g/mol. The van der Waals surface area contributed by atoms with Gasteiger partial charge in [-0.05, 0) is 41.8 Å². The molecule has 120 valence electrons. The number of benzene rings is 2. The van der Waals surface area contributed by atoms with Crippen LogP contribution in [0.4, 0.5) is 0 Å². The summed E-state index contributed by atoms with van der Waals surface area (Å²) in [7, 11) is 0. The molecule has 0 aliphatic rings. The summed E-state index contributed by atoms with van der Waals surface area (Å²) < 4.78 is 5.73. The number of carbonyl (C=O) groups is 2. The van der Waals surface area contributed by atoms with E-state index in [0.717, 1.165) is 0 Å². The van der Waals surface area contributed by atoms with Crippen molar-refractivity contribution in [1.82, 2.24) is 5.32 Å². The number of amides is 1. The van der Waals surface area contributed by atoms with Gasteiger partial charge >= 0.3 is 5.97 Å². The molecular formula is C18H19NO4. The van der Waals surface area contributed by atoms with Gasteiger partial charge in [0.2, 0.25) is 0 Å². The van der Waals surface area contributed by atoms with Gasteiger partial charge in [-0.25, -0.2) is 0 Å². The van der Waals surface area contributed by atoms with Gasteiger partial charge in [-0.1, -0.05) is 32.0 Å². The summed E-state index contributed by atoms with van der Waals surface area (Å²) in [6.45, 7) is 3.82. The zero-order valence-corrected chi connectivity index (χ0v) is 13.1. The minimum Gasteiger partial charge on any atom is -0.480 e. The van der Waals surface area contributed by atoms with Crippen molar-refractivity contribution in [2.75, 3.05) is 6.54 Å². The van der Waals surface area contributed by atoms with E-state index in [2.05, 4.69) is 19.2 Å². The Morgan fingerprint density at radius 2 is 1.78 bits per heavy atom. The lowest BCUT2D eigenvalue weighted by atomic mass is 10.0. The molecule has 0 saturated heterocycles. The van der Waals surface area contributed by atoms with Crippen LogP contribution in [0.3, 0.4) is 0 Å². The van der Waals surface area contributed by atoms with Crippen LogP contribution in [-0.4, -0.2) is 23.5 Å². The van der Waals surface area contributed by atoms with Crippen LogP contribution in [-0.2, 0) is 4.79 Å². The van der Waals surface area contributed by atoms with Crippen LogP contribution < -0.4 is 10.1 Å². The number of hydrogen-bond acceptors (Lipinski definition) is 3. The Labute approximate surface area is 134 Å². The minimum absolute atomic E-state index is 0.350. The summed E-state index contributed by atoms with van der Waals surface area (Å²) in [5.74, 6) is 0.108. The molecule has 0 aliphatic carbocycles. The molecule has 2 rings (SSSR count). The molecule has 2 aromatic rings. The van der Waals surface area contributed by atoms with Crippen molar-refractivity contribution in [1.29, 1.82) is 0 Å². The Morgan fingerprint density at radius 1 is 1.09 bits per heavy atom. The standard InChI is InChI=1S/C18H19NO4/c1-12(2)13-6-8-15(9-7-13)23-16-5-3-4-14(10-16)18(22)19-11-17(20)21/h3-10,12H,11H2,1-2H3,(H,19,22)(H,20,21). The van der Waals surface area contributed by atoms with Crippen LogP contribution in [0.15, 0.2) is 48.5 Å². The summed E-state index contributed by atoms with van der Waals surface area (Å²) >= 11 is 0. The SMILES string of the molecule is CC(C)c1ccc(Oc2cccc(C(=O)NCC(=O)O)c2)cc1. The third kappa shape index (κ3) is 4.85.